The van der Waals surface area contributed by atoms with Gasteiger partial charge in [0.15, 0.2) is 0 Å². The third-order valence-corrected chi connectivity index (χ3v) is 13.8. The fourth-order valence-corrected chi connectivity index (χ4v) is 11.3. The summed E-state index contributed by atoms with van der Waals surface area (Å²) in [4.78, 5) is 12.8. The van der Waals surface area contributed by atoms with Crippen LogP contribution in [0.5, 0.6) is 0 Å². The number of nitrogens with zero attached hydrogens (tertiary/aromatic N) is 3. The van der Waals surface area contributed by atoms with Crippen LogP contribution in [0.25, 0.3) is 39.3 Å². The number of hydrogen-bond acceptors (Lipinski definition) is 3. The fraction of sp³-hybridized carbons (Fsp3) is 0.0741. The zero-order valence-electron chi connectivity index (χ0n) is 32.5. The molecule has 58 heavy (non-hydrogen) atoms. The first-order valence-corrected chi connectivity index (χ1v) is 21.7. The second-order valence-corrected chi connectivity index (χ2v) is 17.0. The molecule has 0 N–H and O–H groups in total. The Balaban J connectivity index is 1.17. The molecule has 2 aliphatic heterocycles. The van der Waals surface area contributed by atoms with Gasteiger partial charge in [0.05, 0.1) is 11.4 Å². The molecule has 2 aliphatic rings. The molecule has 1 spiro atoms. The summed E-state index contributed by atoms with van der Waals surface area (Å²) in [6.07, 6.45) is 7.43. The van der Waals surface area contributed by atoms with Crippen LogP contribution >= 0.6 is 0 Å². The van der Waals surface area contributed by atoms with Crippen molar-refractivity contribution in [1.29, 1.82) is 0 Å². The summed E-state index contributed by atoms with van der Waals surface area (Å²) in [5.41, 5.74) is 15.6. The Hall–Kier alpha value is -6.58. The van der Waals surface area contributed by atoms with Crippen molar-refractivity contribution in [3.63, 3.8) is 0 Å². The van der Waals surface area contributed by atoms with Crippen LogP contribution in [0.4, 0.5) is 17.1 Å². The molecule has 0 aliphatic carbocycles. The average molecular weight is 811 g/mol. The molecule has 4 heteroatoms. The summed E-state index contributed by atoms with van der Waals surface area (Å²) >= 11 is 0.192. The minimum absolute atomic E-state index is 0.192. The molecular formula is C54H41N3Se. The first-order chi connectivity index (χ1) is 28.7. The van der Waals surface area contributed by atoms with Crippen molar-refractivity contribution in [2.24, 2.45) is 0 Å². The Morgan fingerprint density at radius 3 is 1.81 bits per heavy atom. The van der Waals surface area contributed by atoms with E-state index in [0.717, 1.165) is 40.2 Å². The average Bonchev–Trinajstić information content (AvgIpc) is 3.30. The van der Waals surface area contributed by atoms with Gasteiger partial charge in [0.25, 0.3) is 0 Å². The Kier molecular flexibility index (Phi) is 9.30. The van der Waals surface area contributed by atoms with Gasteiger partial charge < -0.3 is 0 Å². The number of anilines is 3. The minimum atomic E-state index is -0.501. The molecule has 0 bridgehead atoms. The SMILES string of the molecule is C/C=C(\C=C/CC)c1cc(-c2ccccc2)nc(-c2ccc(N3c4ccccc4C4(c5ccccc5[Se]c5ccccc54)c4cc(-c5ccccc5)ccc43)cc2)n1. The van der Waals surface area contributed by atoms with Crippen molar-refractivity contribution in [3.05, 3.63) is 228 Å². The van der Waals surface area contributed by atoms with Gasteiger partial charge in [-0.15, -0.1) is 0 Å². The van der Waals surface area contributed by atoms with E-state index in [0.29, 0.717) is 5.82 Å². The second-order valence-electron chi connectivity index (χ2n) is 14.7. The van der Waals surface area contributed by atoms with E-state index in [-0.39, 0.29) is 15.0 Å². The van der Waals surface area contributed by atoms with Gasteiger partial charge >= 0.3 is 252 Å². The van der Waals surface area contributed by atoms with Crippen molar-refractivity contribution in [1.82, 2.24) is 9.97 Å². The Morgan fingerprint density at radius 1 is 0.552 bits per heavy atom. The van der Waals surface area contributed by atoms with Crippen LogP contribution in [0.1, 0.15) is 48.2 Å². The van der Waals surface area contributed by atoms with Gasteiger partial charge in [-0.05, 0) is 25.0 Å². The van der Waals surface area contributed by atoms with E-state index in [1.54, 1.807) is 0 Å². The third-order valence-electron chi connectivity index (χ3n) is 11.4. The van der Waals surface area contributed by atoms with E-state index in [9.17, 15) is 0 Å². The normalized spacial score (nSPS) is 13.8. The number of rotatable bonds is 7. The quantitative estimate of drug-likeness (QED) is 0.119. The van der Waals surface area contributed by atoms with Crippen LogP contribution < -0.4 is 13.8 Å². The first kappa shape index (κ1) is 35.8. The third kappa shape index (κ3) is 5.96. The fourth-order valence-electron chi connectivity index (χ4n) is 8.77. The Labute approximate surface area is 347 Å². The molecule has 278 valence electrons. The number of para-hydroxylation sites is 1. The molecular weight excluding hydrogens is 770 g/mol. The molecule has 7 aromatic carbocycles. The molecule has 0 saturated carbocycles. The molecule has 0 radical (unpaired) electrons. The first-order valence-electron chi connectivity index (χ1n) is 20.0. The molecule has 0 fully saturated rings. The zero-order valence-corrected chi connectivity index (χ0v) is 34.2. The summed E-state index contributed by atoms with van der Waals surface area (Å²) in [7, 11) is 0. The summed E-state index contributed by atoms with van der Waals surface area (Å²) in [6.45, 7) is 4.22. The number of hydrogen-bond donors (Lipinski definition) is 0. The van der Waals surface area contributed by atoms with Crippen molar-refractivity contribution in [2.45, 2.75) is 25.7 Å². The molecule has 8 aromatic rings. The predicted molar refractivity (Wildman–Crippen MR) is 243 cm³/mol. The van der Waals surface area contributed by atoms with Crippen LogP contribution in [0.2, 0.25) is 0 Å². The maximum atomic E-state index is 5.16. The van der Waals surface area contributed by atoms with Crippen molar-refractivity contribution in [2.75, 3.05) is 4.90 Å². The Bertz CT molecular complexity index is 2810. The van der Waals surface area contributed by atoms with Crippen LogP contribution in [0, 0.1) is 0 Å². The van der Waals surface area contributed by atoms with E-state index in [2.05, 4.69) is 213 Å². The topological polar surface area (TPSA) is 29.0 Å². The number of benzene rings is 7. The van der Waals surface area contributed by atoms with Crippen LogP contribution in [-0.2, 0) is 5.41 Å². The summed E-state index contributed by atoms with van der Waals surface area (Å²) in [5.74, 6) is 0.704. The van der Waals surface area contributed by atoms with Crippen LogP contribution in [0.15, 0.2) is 200 Å². The number of fused-ring (bicyclic) bond motifs is 8. The monoisotopic (exact) mass is 811 g/mol. The number of aromatic nitrogens is 2. The molecule has 1 aromatic heterocycles. The van der Waals surface area contributed by atoms with Gasteiger partial charge in [-0.25, -0.2) is 0 Å². The van der Waals surface area contributed by atoms with Gasteiger partial charge in [0.1, 0.15) is 0 Å². The van der Waals surface area contributed by atoms with Crippen LogP contribution in [0.3, 0.4) is 0 Å². The van der Waals surface area contributed by atoms with Gasteiger partial charge in [-0.3, -0.25) is 0 Å². The van der Waals surface area contributed by atoms with E-state index in [4.69, 9.17) is 9.97 Å². The molecule has 3 heterocycles. The van der Waals surface area contributed by atoms with Crippen molar-refractivity contribution < 1.29 is 0 Å². The summed E-state index contributed by atoms with van der Waals surface area (Å²) in [5, 5.41) is 0. The summed E-state index contributed by atoms with van der Waals surface area (Å²) in [6, 6.07) is 66.5. The Morgan fingerprint density at radius 2 is 1.14 bits per heavy atom. The molecule has 0 unspecified atom stereocenters. The van der Waals surface area contributed by atoms with Gasteiger partial charge in [0, 0.05) is 5.56 Å². The molecule has 3 nitrogen and oxygen atoms in total. The van der Waals surface area contributed by atoms with Gasteiger partial charge in [-0.2, -0.15) is 0 Å². The van der Waals surface area contributed by atoms with Gasteiger partial charge in [0.2, 0.25) is 0 Å². The molecule has 0 saturated heterocycles. The standard InChI is InChI=1S/C54H41N3Se/c1-3-5-18-37(4-2)47-36-48(39-21-10-7-11-22-39)56-53(55-47)40-29-32-42(33-30-40)57-49-26-15-12-23-43(49)54(46-35-41(31-34-50(46)57)38-19-8-6-9-20-38)44-24-13-16-27-51(44)58-52-28-17-14-25-45(52)54/h4-36H,3H2,1-2H3/b18-5-,37-4+. The zero-order chi connectivity index (χ0) is 39.1. The predicted octanol–water partition coefficient (Wildman–Crippen LogP) is 12.0. The van der Waals surface area contributed by atoms with E-state index >= 15 is 0 Å². The maximum absolute atomic E-state index is 5.16. The van der Waals surface area contributed by atoms with E-state index in [1.807, 2.05) is 6.07 Å². The van der Waals surface area contributed by atoms with Gasteiger partial charge in [-0.1, -0.05) is 55.5 Å². The van der Waals surface area contributed by atoms with Crippen molar-refractivity contribution in [3.8, 4) is 33.8 Å². The van der Waals surface area contributed by atoms with Crippen molar-refractivity contribution >= 4 is 46.5 Å². The van der Waals surface area contributed by atoms with E-state index in [1.165, 1.54) is 53.7 Å². The second kappa shape index (κ2) is 15.1. The van der Waals surface area contributed by atoms with E-state index < -0.39 is 5.41 Å². The molecule has 0 atom stereocenters. The summed E-state index contributed by atoms with van der Waals surface area (Å²) < 4.78 is 2.86. The molecule has 10 rings (SSSR count). The number of allylic oxidation sites excluding steroid dienone is 4. The van der Waals surface area contributed by atoms with Crippen LogP contribution in [-0.4, -0.2) is 24.9 Å². The molecule has 0 amide bonds.